The van der Waals surface area contributed by atoms with Gasteiger partial charge in [-0.05, 0) is 42.5 Å². The van der Waals surface area contributed by atoms with Gasteiger partial charge >= 0.3 is 0 Å². The molecule has 2 aromatic heterocycles. The van der Waals surface area contributed by atoms with Crippen LogP contribution < -0.4 is 5.32 Å². The van der Waals surface area contributed by atoms with Crippen molar-refractivity contribution >= 4 is 40.3 Å². The first-order valence-electron chi connectivity index (χ1n) is 7.57. The molecule has 1 amide bonds. The van der Waals surface area contributed by atoms with Crippen LogP contribution in [0.1, 0.15) is 16.8 Å². The Labute approximate surface area is 154 Å². The van der Waals surface area contributed by atoms with E-state index in [2.05, 4.69) is 10.3 Å². The van der Waals surface area contributed by atoms with Gasteiger partial charge in [0.05, 0.1) is 10.6 Å². The molecule has 0 unspecified atom stereocenters. The first-order valence-corrected chi connectivity index (χ1v) is 9.33. The van der Waals surface area contributed by atoms with Gasteiger partial charge in [0.2, 0.25) is 0 Å². The topological polar surface area (TPSA) is 65.8 Å². The summed E-state index contributed by atoms with van der Waals surface area (Å²) >= 11 is 3.10. The molecule has 0 aliphatic carbocycles. The number of nitriles is 1. The van der Waals surface area contributed by atoms with Gasteiger partial charge in [-0.3, -0.25) is 4.79 Å². The van der Waals surface area contributed by atoms with Gasteiger partial charge in [-0.1, -0.05) is 24.3 Å². The van der Waals surface area contributed by atoms with Crippen molar-refractivity contribution in [1.29, 1.82) is 5.26 Å². The number of hydrogen-bond donors (Lipinski definition) is 1. The van der Waals surface area contributed by atoms with Crippen LogP contribution in [-0.4, -0.2) is 10.9 Å². The van der Waals surface area contributed by atoms with Gasteiger partial charge in [0.25, 0.3) is 5.91 Å². The first-order chi connectivity index (χ1) is 12.1. The quantitative estimate of drug-likeness (QED) is 0.521. The van der Waals surface area contributed by atoms with E-state index in [1.807, 2.05) is 61.0 Å². The molecule has 0 aliphatic rings. The van der Waals surface area contributed by atoms with E-state index in [0.29, 0.717) is 5.69 Å². The summed E-state index contributed by atoms with van der Waals surface area (Å²) in [4.78, 5) is 18.0. The van der Waals surface area contributed by atoms with E-state index in [1.165, 1.54) is 17.4 Å². The highest BCUT2D eigenvalue weighted by Gasteiger charge is 2.13. The highest BCUT2D eigenvalue weighted by molar-refractivity contribution is 7.20. The lowest BCUT2D eigenvalue weighted by atomic mass is 10.1. The van der Waals surface area contributed by atoms with Crippen molar-refractivity contribution in [3.05, 3.63) is 63.5 Å². The summed E-state index contributed by atoms with van der Waals surface area (Å²) in [5, 5.41) is 16.9. The third kappa shape index (κ3) is 3.85. The molecule has 25 heavy (non-hydrogen) atoms. The van der Waals surface area contributed by atoms with E-state index in [0.717, 1.165) is 26.7 Å². The Hall–Kier alpha value is -2.75. The molecule has 0 aliphatic heterocycles. The molecule has 4 nitrogen and oxygen atoms in total. The van der Waals surface area contributed by atoms with Crippen LogP contribution in [0.15, 0.2) is 46.7 Å². The molecule has 0 radical (unpaired) electrons. The Morgan fingerprint density at radius 3 is 2.60 bits per heavy atom. The number of para-hydroxylation sites is 1. The van der Waals surface area contributed by atoms with Crippen molar-refractivity contribution in [3.63, 3.8) is 0 Å². The number of nitrogens with one attached hydrogen (secondary N) is 1. The van der Waals surface area contributed by atoms with Gasteiger partial charge < -0.3 is 5.32 Å². The number of rotatable bonds is 4. The van der Waals surface area contributed by atoms with Crippen molar-refractivity contribution in [2.24, 2.45) is 0 Å². The predicted molar refractivity (Wildman–Crippen MR) is 104 cm³/mol. The summed E-state index contributed by atoms with van der Waals surface area (Å²) in [5.41, 5.74) is 3.30. The lowest BCUT2D eigenvalue weighted by Gasteiger charge is -2.10. The average molecular weight is 365 g/mol. The second-order valence-corrected chi connectivity index (χ2v) is 7.25. The third-order valence-electron chi connectivity index (χ3n) is 3.63. The SMILES string of the molecule is Cc1cccc(C)c1NC(=O)C(C#N)=Cc1csc(-c2cccs2)n1. The maximum Gasteiger partial charge on any atom is 0.266 e. The second kappa shape index (κ2) is 7.43. The minimum Gasteiger partial charge on any atom is -0.321 e. The van der Waals surface area contributed by atoms with Crippen LogP contribution >= 0.6 is 22.7 Å². The predicted octanol–water partition coefficient (Wildman–Crippen LogP) is 5.03. The van der Waals surface area contributed by atoms with Gasteiger partial charge in [-0.15, -0.1) is 22.7 Å². The molecule has 6 heteroatoms. The molecule has 3 rings (SSSR count). The Morgan fingerprint density at radius 1 is 1.20 bits per heavy atom. The normalized spacial score (nSPS) is 11.2. The molecule has 0 fully saturated rings. The molecular formula is C19H15N3OS2. The van der Waals surface area contributed by atoms with E-state index >= 15 is 0 Å². The van der Waals surface area contributed by atoms with Crippen LogP contribution in [0.3, 0.4) is 0 Å². The zero-order valence-electron chi connectivity index (χ0n) is 13.7. The third-order valence-corrected chi connectivity index (χ3v) is 5.53. The van der Waals surface area contributed by atoms with Gasteiger partial charge in [0, 0.05) is 11.1 Å². The fourth-order valence-corrected chi connectivity index (χ4v) is 3.95. The van der Waals surface area contributed by atoms with Crippen molar-refractivity contribution in [2.45, 2.75) is 13.8 Å². The maximum atomic E-state index is 12.5. The number of benzene rings is 1. The number of nitrogens with zero attached hydrogens (tertiary/aromatic N) is 2. The number of carbonyl (C=O) groups is 1. The lowest BCUT2D eigenvalue weighted by Crippen LogP contribution is -2.15. The molecule has 0 spiro atoms. The number of amides is 1. The maximum absolute atomic E-state index is 12.5. The minimum atomic E-state index is -0.425. The summed E-state index contributed by atoms with van der Waals surface area (Å²) in [6.45, 7) is 3.85. The molecular weight excluding hydrogens is 350 g/mol. The molecule has 3 aromatic rings. The van der Waals surface area contributed by atoms with Crippen molar-refractivity contribution < 1.29 is 4.79 Å². The average Bonchev–Trinajstić information content (AvgIpc) is 3.27. The van der Waals surface area contributed by atoms with Crippen molar-refractivity contribution in [2.75, 3.05) is 5.32 Å². The van der Waals surface area contributed by atoms with E-state index in [1.54, 1.807) is 11.3 Å². The molecule has 2 heterocycles. The minimum absolute atomic E-state index is 0.0330. The number of thiazole rings is 1. The van der Waals surface area contributed by atoms with Crippen LogP contribution in [0.4, 0.5) is 5.69 Å². The molecule has 0 atom stereocenters. The first kappa shape index (κ1) is 17.1. The summed E-state index contributed by atoms with van der Waals surface area (Å²) in [6, 6.07) is 11.7. The molecule has 0 saturated heterocycles. The Morgan fingerprint density at radius 2 is 1.96 bits per heavy atom. The Balaban J connectivity index is 1.83. The van der Waals surface area contributed by atoms with Crippen molar-refractivity contribution in [1.82, 2.24) is 4.98 Å². The van der Waals surface area contributed by atoms with E-state index < -0.39 is 5.91 Å². The summed E-state index contributed by atoms with van der Waals surface area (Å²) < 4.78 is 0. The van der Waals surface area contributed by atoms with Crippen LogP contribution in [0, 0.1) is 25.2 Å². The van der Waals surface area contributed by atoms with Gasteiger partial charge in [0.1, 0.15) is 16.6 Å². The highest BCUT2D eigenvalue weighted by atomic mass is 32.1. The number of aryl methyl sites for hydroxylation is 2. The van der Waals surface area contributed by atoms with E-state index in [9.17, 15) is 10.1 Å². The largest absolute Gasteiger partial charge is 0.321 e. The van der Waals surface area contributed by atoms with Gasteiger partial charge in [0.15, 0.2) is 0 Å². The summed E-state index contributed by atoms with van der Waals surface area (Å²) in [7, 11) is 0. The molecule has 0 bridgehead atoms. The van der Waals surface area contributed by atoms with Crippen LogP contribution in [0.25, 0.3) is 16.0 Å². The fourth-order valence-electron chi connectivity index (χ4n) is 2.35. The van der Waals surface area contributed by atoms with Crippen LogP contribution in [0.5, 0.6) is 0 Å². The van der Waals surface area contributed by atoms with Gasteiger partial charge in [-0.2, -0.15) is 5.26 Å². The smallest absolute Gasteiger partial charge is 0.266 e. The van der Waals surface area contributed by atoms with Crippen LogP contribution in [0.2, 0.25) is 0 Å². The molecule has 1 aromatic carbocycles. The summed E-state index contributed by atoms with van der Waals surface area (Å²) in [6.07, 6.45) is 1.52. The molecule has 124 valence electrons. The summed E-state index contributed by atoms with van der Waals surface area (Å²) in [5.74, 6) is -0.425. The zero-order chi connectivity index (χ0) is 17.8. The highest BCUT2D eigenvalue weighted by Crippen LogP contribution is 2.28. The zero-order valence-corrected chi connectivity index (χ0v) is 15.4. The number of anilines is 1. The monoisotopic (exact) mass is 365 g/mol. The lowest BCUT2D eigenvalue weighted by molar-refractivity contribution is -0.112. The van der Waals surface area contributed by atoms with E-state index in [4.69, 9.17) is 0 Å². The fraction of sp³-hybridized carbons (Fsp3) is 0.105. The number of thiophene rings is 1. The van der Waals surface area contributed by atoms with Crippen LogP contribution in [-0.2, 0) is 4.79 Å². The molecule has 0 saturated carbocycles. The van der Waals surface area contributed by atoms with Gasteiger partial charge in [-0.25, -0.2) is 4.98 Å². The number of aromatic nitrogens is 1. The second-order valence-electron chi connectivity index (χ2n) is 5.45. The number of hydrogen-bond acceptors (Lipinski definition) is 5. The van der Waals surface area contributed by atoms with E-state index in [-0.39, 0.29) is 5.57 Å². The number of carbonyl (C=O) groups excluding carboxylic acids is 1. The standard InChI is InChI=1S/C19H15N3OS2/c1-12-5-3-6-13(2)17(12)22-18(23)14(10-20)9-15-11-25-19(21-15)16-7-4-8-24-16/h3-9,11H,1-2H3,(H,22,23). The van der Waals surface area contributed by atoms with Crippen molar-refractivity contribution in [3.8, 4) is 16.0 Å². The Bertz CT molecular complexity index is 958. The Kier molecular flexibility index (Phi) is 5.08. The molecule has 1 N–H and O–H groups in total.